The Morgan fingerprint density at radius 1 is 1.10 bits per heavy atom. The minimum atomic E-state index is -3.62. The average molecular weight is 491 g/mol. The van der Waals surface area contributed by atoms with Crippen molar-refractivity contribution in [1.29, 1.82) is 0 Å². The number of nitrogens with one attached hydrogen (secondary N) is 1. The highest BCUT2D eigenvalue weighted by Gasteiger charge is 2.29. The Hall–Kier alpha value is -1.70. The van der Waals surface area contributed by atoms with E-state index in [4.69, 9.17) is 0 Å². The number of piperidine rings is 1. The molecule has 1 fully saturated rings. The Kier molecular flexibility index (Phi) is 6.32. The molecule has 7 heteroatoms. The van der Waals surface area contributed by atoms with Crippen LogP contribution in [-0.4, -0.2) is 31.7 Å². The van der Waals surface area contributed by atoms with Gasteiger partial charge in [-0.05, 0) is 67.3 Å². The fourth-order valence-corrected chi connectivity index (χ4v) is 6.55. The number of sulfonamides is 1. The molecular weight excluding hydrogens is 464 g/mol. The Bertz CT molecular complexity index is 1050. The lowest BCUT2D eigenvalue weighted by Gasteiger charge is -2.29. The van der Waals surface area contributed by atoms with E-state index in [0.717, 1.165) is 37.7 Å². The normalized spacial score (nSPS) is 20.5. The number of halogens is 1. The van der Waals surface area contributed by atoms with Crippen LogP contribution in [0.4, 0.5) is 0 Å². The van der Waals surface area contributed by atoms with E-state index in [1.165, 1.54) is 15.9 Å². The van der Waals surface area contributed by atoms with Crippen molar-refractivity contribution in [2.45, 2.75) is 50.0 Å². The average Bonchev–Trinajstić information content (AvgIpc) is 2.74. The number of hydrogen-bond acceptors (Lipinski definition) is 3. The van der Waals surface area contributed by atoms with Gasteiger partial charge in [-0.2, -0.15) is 4.31 Å². The van der Waals surface area contributed by atoms with Crippen molar-refractivity contribution in [3.05, 3.63) is 63.6 Å². The van der Waals surface area contributed by atoms with E-state index in [9.17, 15) is 13.2 Å². The molecule has 0 saturated carbocycles. The zero-order chi connectivity index (χ0) is 21.3. The number of rotatable bonds is 4. The van der Waals surface area contributed by atoms with Gasteiger partial charge in [-0.25, -0.2) is 8.42 Å². The smallest absolute Gasteiger partial charge is 0.251 e. The van der Waals surface area contributed by atoms with Crippen LogP contribution in [0, 0.1) is 5.92 Å². The van der Waals surface area contributed by atoms with Gasteiger partial charge in [0.15, 0.2) is 0 Å². The van der Waals surface area contributed by atoms with Gasteiger partial charge < -0.3 is 5.32 Å². The maximum Gasteiger partial charge on any atom is 0.251 e. The third kappa shape index (κ3) is 4.48. The summed E-state index contributed by atoms with van der Waals surface area (Å²) in [6.07, 6.45) is 4.65. The van der Waals surface area contributed by atoms with Crippen molar-refractivity contribution in [3.63, 3.8) is 0 Å². The number of carbonyl (C=O) groups excluding carboxylic acids is 1. The Morgan fingerprint density at radius 2 is 1.83 bits per heavy atom. The van der Waals surface area contributed by atoms with E-state index < -0.39 is 10.0 Å². The first kappa shape index (κ1) is 21.5. The lowest BCUT2D eigenvalue weighted by molar-refractivity contribution is 0.0932. The van der Waals surface area contributed by atoms with Crippen LogP contribution < -0.4 is 5.32 Å². The first-order valence-corrected chi connectivity index (χ1v) is 12.8. The lowest BCUT2D eigenvalue weighted by atomic mass is 9.87. The summed E-state index contributed by atoms with van der Waals surface area (Å²) in [6.45, 7) is 3.20. The minimum Gasteiger partial charge on any atom is -0.345 e. The van der Waals surface area contributed by atoms with Crippen LogP contribution in [0.3, 0.4) is 0 Å². The molecule has 2 aliphatic rings. The summed E-state index contributed by atoms with van der Waals surface area (Å²) in [7, 11) is -3.62. The van der Waals surface area contributed by atoms with Gasteiger partial charge in [-0.3, -0.25) is 4.79 Å². The highest BCUT2D eigenvalue weighted by atomic mass is 79.9. The third-order valence-electron chi connectivity index (χ3n) is 6.19. The molecule has 1 aliphatic heterocycles. The molecule has 1 heterocycles. The molecule has 1 N–H and O–H groups in total. The van der Waals surface area contributed by atoms with E-state index in [2.05, 4.69) is 40.3 Å². The van der Waals surface area contributed by atoms with Crippen molar-refractivity contribution in [2.24, 2.45) is 5.92 Å². The predicted molar refractivity (Wildman–Crippen MR) is 121 cm³/mol. The summed E-state index contributed by atoms with van der Waals surface area (Å²) in [4.78, 5) is 13.2. The maximum atomic E-state index is 13.1. The summed E-state index contributed by atoms with van der Waals surface area (Å²) in [6, 6.07) is 12.9. The molecule has 160 valence electrons. The van der Waals surface area contributed by atoms with E-state index in [1.54, 1.807) is 12.1 Å². The number of nitrogens with zero attached hydrogens (tertiary/aromatic N) is 1. The van der Waals surface area contributed by atoms with Gasteiger partial charge in [0.25, 0.3) is 5.91 Å². The molecule has 0 aromatic heterocycles. The van der Waals surface area contributed by atoms with Gasteiger partial charge >= 0.3 is 0 Å². The molecule has 0 radical (unpaired) electrons. The van der Waals surface area contributed by atoms with Crippen LogP contribution in [0.15, 0.2) is 51.8 Å². The van der Waals surface area contributed by atoms with E-state index in [1.807, 2.05) is 12.1 Å². The molecule has 1 atom stereocenters. The Morgan fingerprint density at radius 3 is 2.60 bits per heavy atom. The largest absolute Gasteiger partial charge is 0.345 e. The van der Waals surface area contributed by atoms with Crippen molar-refractivity contribution < 1.29 is 13.2 Å². The second kappa shape index (κ2) is 8.81. The number of fused-ring (bicyclic) bond motifs is 1. The highest BCUT2D eigenvalue weighted by Crippen LogP contribution is 2.31. The molecule has 4 rings (SSSR count). The van der Waals surface area contributed by atoms with Crippen LogP contribution in [-0.2, 0) is 16.4 Å². The van der Waals surface area contributed by atoms with Crippen molar-refractivity contribution >= 4 is 31.9 Å². The number of benzene rings is 2. The molecule has 0 bridgehead atoms. The topological polar surface area (TPSA) is 66.5 Å². The summed E-state index contributed by atoms with van der Waals surface area (Å²) in [5.74, 6) is 0.292. The first-order valence-electron chi connectivity index (χ1n) is 10.5. The number of aryl methyl sites for hydroxylation is 1. The number of hydrogen-bond donors (Lipinski definition) is 1. The zero-order valence-corrected chi connectivity index (χ0v) is 19.5. The Balaban J connectivity index is 1.57. The molecule has 2 aromatic carbocycles. The molecule has 0 unspecified atom stereocenters. The molecule has 1 aliphatic carbocycles. The summed E-state index contributed by atoms with van der Waals surface area (Å²) < 4.78 is 28.4. The van der Waals surface area contributed by atoms with Crippen LogP contribution in [0.1, 0.15) is 60.1 Å². The summed E-state index contributed by atoms with van der Waals surface area (Å²) in [5, 5.41) is 3.11. The van der Waals surface area contributed by atoms with Crippen molar-refractivity contribution in [3.8, 4) is 0 Å². The molecular formula is C23H27BrN2O3S. The molecule has 30 heavy (non-hydrogen) atoms. The summed E-state index contributed by atoms with van der Waals surface area (Å²) >= 11 is 3.40. The first-order chi connectivity index (χ1) is 14.3. The van der Waals surface area contributed by atoms with Gasteiger partial charge in [-0.1, -0.05) is 47.1 Å². The van der Waals surface area contributed by atoms with Gasteiger partial charge in [0, 0.05) is 23.1 Å². The van der Waals surface area contributed by atoms with Gasteiger partial charge in [-0.15, -0.1) is 0 Å². The number of carbonyl (C=O) groups is 1. The molecule has 0 spiro atoms. The Labute approximate surface area is 187 Å². The SMILES string of the molecule is CC1CCN(S(=O)(=O)c2cc(Br)cc(C(=O)N[C@H]3CCCc4ccccc43)c2)CC1. The second-order valence-corrected chi connectivity index (χ2v) is 11.2. The quantitative estimate of drug-likeness (QED) is 0.676. The lowest BCUT2D eigenvalue weighted by Crippen LogP contribution is -2.38. The van der Waals surface area contributed by atoms with Crippen LogP contribution in [0.25, 0.3) is 0 Å². The van der Waals surface area contributed by atoms with Crippen molar-refractivity contribution in [1.82, 2.24) is 9.62 Å². The standard InChI is InChI=1S/C23H27BrN2O3S/c1-16-9-11-26(12-10-16)30(28,29)20-14-18(13-19(24)15-20)23(27)25-22-8-4-6-17-5-2-3-7-21(17)22/h2-3,5,7,13-16,22H,4,6,8-12H2,1H3,(H,25,27)/t22-/m0/s1. The molecule has 1 saturated heterocycles. The second-order valence-electron chi connectivity index (χ2n) is 8.38. The van der Waals surface area contributed by atoms with Gasteiger partial charge in [0.05, 0.1) is 10.9 Å². The fraction of sp³-hybridized carbons (Fsp3) is 0.435. The molecule has 5 nitrogen and oxygen atoms in total. The van der Waals surface area contributed by atoms with E-state index in [-0.39, 0.29) is 16.8 Å². The van der Waals surface area contributed by atoms with Gasteiger partial charge in [0.2, 0.25) is 10.0 Å². The predicted octanol–water partition coefficient (Wildman–Crippen LogP) is 4.68. The zero-order valence-electron chi connectivity index (χ0n) is 17.1. The van der Waals surface area contributed by atoms with Gasteiger partial charge in [0.1, 0.15) is 0 Å². The summed E-state index contributed by atoms with van der Waals surface area (Å²) in [5.41, 5.74) is 2.78. The minimum absolute atomic E-state index is 0.0509. The third-order valence-corrected chi connectivity index (χ3v) is 8.52. The molecule has 1 amide bonds. The van der Waals surface area contributed by atoms with Crippen LogP contribution >= 0.6 is 15.9 Å². The van der Waals surface area contributed by atoms with E-state index >= 15 is 0 Å². The number of amides is 1. The van der Waals surface area contributed by atoms with Crippen LogP contribution in [0.5, 0.6) is 0 Å². The van der Waals surface area contributed by atoms with E-state index in [0.29, 0.717) is 29.0 Å². The highest BCUT2D eigenvalue weighted by molar-refractivity contribution is 9.10. The fourth-order valence-electron chi connectivity index (χ4n) is 4.36. The maximum absolute atomic E-state index is 13.1. The van der Waals surface area contributed by atoms with Crippen molar-refractivity contribution in [2.75, 3.05) is 13.1 Å². The monoisotopic (exact) mass is 490 g/mol. The molecule has 2 aromatic rings. The van der Waals surface area contributed by atoms with Crippen LogP contribution in [0.2, 0.25) is 0 Å².